The first-order chi connectivity index (χ1) is 8.72. The molecule has 0 aliphatic heterocycles. The van der Waals surface area contributed by atoms with Crippen LogP contribution in [-0.4, -0.2) is 12.5 Å². The number of ether oxygens (including phenoxy) is 1. The Morgan fingerprint density at radius 1 is 1.11 bits per heavy atom. The summed E-state index contributed by atoms with van der Waals surface area (Å²) < 4.78 is 5.78. The highest BCUT2D eigenvalue weighted by Crippen LogP contribution is 2.27. The molecule has 92 valence electrons. The van der Waals surface area contributed by atoms with Crippen molar-refractivity contribution in [3.8, 4) is 11.5 Å². The number of aryl methyl sites for hydroxylation is 1. The van der Waals surface area contributed by atoms with Crippen molar-refractivity contribution < 1.29 is 9.53 Å². The van der Waals surface area contributed by atoms with E-state index < -0.39 is 0 Å². The summed E-state index contributed by atoms with van der Waals surface area (Å²) in [6.45, 7) is 1.96. The van der Waals surface area contributed by atoms with Crippen molar-refractivity contribution in [3.05, 3.63) is 53.6 Å². The van der Waals surface area contributed by atoms with Crippen molar-refractivity contribution in [2.75, 3.05) is 6.26 Å². The van der Waals surface area contributed by atoms with Crippen LogP contribution in [0.3, 0.4) is 0 Å². The van der Waals surface area contributed by atoms with E-state index in [9.17, 15) is 4.79 Å². The molecule has 0 amide bonds. The lowest BCUT2D eigenvalue weighted by molar-refractivity contribution is 0.112. The molecular weight excluding hydrogens is 244 g/mol. The van der Waals surface area contributed by atoms with E-state index in [1.54, 1.807) is 23.9 Å². The summed E-state index contributed by atoms with van der Waals surface area (Å²) in [7, 11) is 0. The maximum absolute atomic E-state index is 10.7. The SMILES string of the molecule is CSc1ccc(Oc2cc(C=O)ccc2C)cc1. The van der Waals surface area contributed by atoms with Crippen LogP contribution in [0.15, 0.2) is 47.4 Å². The molecule has 18 heavy (non-hydrogen) atoms. The van der Waals surface area contributed by atoms with Crippen LogP contribution in [-0.2, 0) is 0 Å². The topological polar surface area (TPSA) is 26.3 Å². The molecule has 3 heteroatoms. The van der Waals surface area contributed by atoms with Gasteiger partial charge < -0.3 is 4.74 Å². The quantitative estimate of drug-likeness (QED) is 0.603. The minimum absolute atomic E-state index is 0.622. The number of benzene rings is 2. The van der Waals surface area contributed by atoms with E-state index >= 15 is 0 Å². The first-order valence-electron chi connectivity index (χ1n) is 5.60. The highest BCUT2D eigenvalue weighted by Gasteiger charge is 2.03. The van der Waals surface area contributed by atoms with Crippen LogP contribution < -0.4 is 4.74 Å². The molecular formula is C15H14O2S. The molecule has 0 fully saturated rings. The normalized spacial score (nSPS) is 10.1. The Morgan fingerprint density at radius 3 is 2.44 bits per heavy atom. The van der Waals surface area contributed by atoms with E-state index in [1.807, 2.05) is 43.5 Å². The Balaban J connectivity index is 2.24. The van der Waals surface area contributed by atoms with E-state index in [-0.39, 0.29) is 0 Å². The van der Waals surface area contributed by atoms with E-state index in [0.717, 1.165) is 23.3 Å². The molecule has 0 spiro atoms. The Kier molecular flexibility index (Phi) is 4.05. The molecule has 0 aliphatic rings. The van der Waals surface area contributed by atoms with Crippen LogP contribution in [0.2, 0.25) is 0 Å². The average molecular weight is 258 g/mol. The van der Waals surface area contributed by atoms with Crippen molar-refractivity contribution in [1.29, 1.82) is 0 Å². The molecule has 0 aromatic heterocycles. The molecule has 0 heterocycles. The van der Waals surface area contributed by atoms with Gasteiger partial charge in [0.2, 0.25) is 0 Å². The highest BCUT2D eigenvalue weighted by atomic mass is 32.2. The Bertz CT molecular complexity index is 547. The summed E-state index contributed by atoms with van der Waals surface area (Å²) in [5, 5.41) is 0. The first kappa shape index (κ1) is 12.7. The first-order valence-corrected chi connectivity index (χ1v) is 6.83. The fraction of sp³-hybridized carbons (Fsp3) is 0.133. The van der Waals surface area contributed by atoms with Gasteiger partial charge in [-0.05, 0) is 49.1 Å². The predicted octanol–water partition coefficient (Wildman–Crippen LogP) is 4.32. The number of carbonyl (C=O) groups excluding carboxylic acids is 1. The summed E-state index contributed by atoms with van der Waals surface area (Å²) >= 11 is 1.69. The monoisotopic (exact) mass is 258 g/mol. The molecule has 2 rings (SSSR count). The van der Waals surface area contributed by atoms with Gasteiger partial charge in [0.25, 0.3) is 0 Å². The average Bonchev–Trinajstić information content (AvgIpc) is 2.42. The number of aldehydes is 1. The van der Waals surface area contributed by atoms with Crippen molar-refractivity contribution in [3.63, 3.8) is 0 Å². The van der Waals surface area contributed by atoms with Gasteiger partial charge in [-0.1, -0.05) is 12.1 Å². The largest absolute Gasteiger partial charge is 0.457 e. The molecule has 2 aromatic rings. The molecule has 2 aromatic carbocycles. The minimum Gasteiger partial charge on any atom is -0.457 e. The second-order valence-corrected chi connectivity index (χ2v) is 4.80. The highest BCUT2D eigenvalue weighted by molar-refractivity contribution is 7.98. The van der Waals surface area contributed by atoms with Gasteiger partial charge in [0.05, 0.1) is 0 Å². The lowest BCUT2D eigenvalue weighted by atomic mass is 10.1. The van der Waals surface area contributed by atoms with Gasteiger partial charge in [-0.3, -0.25) is 4.79 Å². The van der Waals surface area contributed by atoms with Crippen LogP contribution in [0.5, 0.6) is 11.5 Å². The molecule has 0 saturated carbocycles. The van der Waals surface area contributed by atoms with Crippen molar-refractivity contribution in [2.45, 2.75) is 11.8 Å². The van der Waals surface area contributed by atoms with Gasteiger partial charge in [-0.25, -0.2) is 0 Å². The fourth-order valence-electron chi connectivity index (χ4n) is 1.57. The summed E-state index contributed by atoms with van der Waals surface area (Å²) in [4.78, 5) is 11.9. The Morgan fingerprint density at radius 2 is 1.83 bits per heavy atom. The van der Waals surface area contributed by atoms with E-state index in [0.29, 0.717) is 5.56 Å². The number of hydrogen-bond donors (Lipinski definition) is 0. The van der Waals surface area contributed by atoms with Crippen LogP contribution in [0.1, 0.15) is 15.9 Å². The summed E-state index contributed by atoms with van der Waals surface area (Å²) in [6, 6.07) is 13.3. The lowest BCUT2D eigenvalue weighted by Gasteiger charge is -2.09. The number of thioether (sulfide) groups is 1. The van der Waals surface area contributed by atoms with E-state index in [4.69, 9.17) is 4.74 Å². The molecule has 0 aliphatic carbocycles. The van der Waals surface area contributed by atoms with Crippen molar-refractivity contribution >= 4 is 18.0 Å². The number of rotatable bonds is 4. The Labute approximate surface area is 111 Å². The van der Waals surface area contributed by atoms with E-state index in [2.05, 4.69) is 0 Å². The second kappa shape index (κ2) is 5.74. The van der Waals surface area contributed by atoms with Crippen LogP contribution in [0, 0.1) is 6.92 Å². The minimum atomic E-state index is 0.622. The zero-order chi connectivity index (χ0) is 13.0. The molecule has 0 N–H and O–H groups in total. The van der Waals surface area contributed by atoms with Crippen LogP contribution in [0.4, 0.5) is 0 Å². The molecule has 0 unspecified atom stereocenters. The molecule has 2 nitrogen and oxygen atoms in total. The standard InChI is InChI=1S/C15H14O2S/c1-11-3-4-12(10-16)9-15(11)17-13-5-7-14(18-2)8-6-13/h3-10H,1-2H3. The Hall–Kier alpha value is -1.74. The van der Waals surface area contributed by atoms with Gasteiger partial charge >= 0.3 is 0 Å². The zero-order valence-corrected chi connectivity index (χ0v) is 11.2. The maximum Gasteiger partial charge on any atom is 0.150 e. The van der Waals surface area contributed by atoms with Gasteiger partial charge in [-0.15, -0.1) is 11.8 Å². The van der Waals surface area contributed by atoms with Gasteiger partial charge in [0.1, 0.15) is 17.8 Å². The zero-order valence-electron chi connectivity index (χ0n) is 10.3. The summed E-state index contributed by atoms with van der Waals surface area (Å²) in [5.74, 6) is 1.50. The van der Waals surface area contributed by atoms with Gasteiger partial charge in [-0.2, -0.15) is 0 Å². The summed E-state index contributed by atoms with van der Waals surface area (Å²) in [5.41, 5.74) is 1.63. The van der Waals surface area contributed by atoms with Gasteiger partial charge in [0.15, 0.2) is 0 Å². The van der Waals surface area contributed by atoms with Crippen molar-refractivity contribution in [2.24, 2.45) is 0 Å². The third-order valence-electron chi connectivity index (χ3n) is 2.64. The molecule has 0 saturated heterocycles. The predicted molar refractivity (Wildman–Crippen MR) is 74.9 cm³/mol. The van der Waals surface area contributed by atoms with Crippen molar-refractivity contribution in [1.82, 2.24) is 0 Å². The summed E-state index contributed by atoms with van der Waals surface area (Å²) in [6.07, 6.45) is 2.86. The number of carbonyl (C=O) groups is 1. The van der Waals surface area contributed by atoms with Crippen LogP contribution in [0.25, 0.3) is 0 Å². The number of hydrogen-bond acceptors (Lipinski definition) is 3. The van der Waals surface area contributed by atoms with Crippen LogP contribution >= 0.6 is 11.8 Å². The third-order valence-corrected chi connectivity index (χ3v) is 3.38. The third kappa shape index (κ3) is 2.93. The van der Waals surface area contributed by atoms with Gasteiger partial charge in [0, 0.05) is 10.5 Å². The van der Waals surface area contributed by atoms with E-state index in [1.165, 1.54) is 4.90 Å². The second-order valence-electron chi connectivity index (χ2n) is 3.92. The maximum atomic E-state index is 10.7. The molecule has 0 bridgehead atoms. The molecule has 0 atom stereocenters. The smallest absolute Gasteiger partial charge is 0.150 e. The fourth-order valence-corrected chi connectivity index (χ4v) is 1.98. The lowest BCUT2D eigenvalue weighted by Crippen LogP contribution is -1.89. The molecule has 0 radical (unpaired) electrons.